The summed E-state index contributed by atoms with van der Waals surface area (Å²) in [5, 5.41) is 3.42. The zero-order valence-electron chi connectivity index (χ0n) is 6.54. The second-order valence-corrected chi connectivity index (χ2v) is 2.38. The van der Waals surface area contributed by atoms with Crippen LogP contribution in [0.1, 0.15) is 26.7 Å². The summed E-state index contributed by atoms with van der Waals surface area (Å²) < 4.78 is 0. The fraction of sp³-hybridized carbons (Fsp3) is 0.714. The molecular weight excluding hydrogens is 126 g/mol. The van der Waals surface area contributed by atoms with E-state index in [-0.39, 0.29) is 0 Å². The zero-order valence-corrected chi connectivity index (χ0v) is 6.54. The molecule has 0 aromatic rings. The summed E-state index contributed by atoms with van der Waals surface area (Å²) in [7, 11) is 0. The lowest BCUT2D eigenvalue weighted by Crippen LogP contribution is -1.76. The number of rotatable bonds is 4. The molecule has 0 saturated carbocycles. The molecule has 56 valence electrons. The van der Waals surface area contributed by atoms with Crippen LogP contribution in [0.25, 0.3) is 10.4 Å². The predicted octanol–water partition coefficient (Wildman–Crippen LogP) is 3.04. The molecule has 0 radical (unpaired) electrons. The first-order chi connectivity index (χ1) is 4.77. The molecule has 0 aromatic carbocycles. The molecule has 0 spiro atoms. The first kappa shape index (κ1) is 9.05. The van der Waals surface area contributed by atoms with Crippen molar-refractivity contribution in [2.24, 2.45) is 5.11 Å². The van der Waals surface area contributed by atoms with Crippen LogP contribution >= 0.6 is 0 Å². The highest BCUT2D eigenvalue weighted by Gasteiger charge is 1.80. The van der Waals surface area contributed by atoms with Crippen LogP contribution in [-0.4, -0.2) is 6.54 Å². The van der Waals surface area contributed by atoms with Crippen molar-refractivity contribution in [2.75, 3.05) is 6.54 Å². The van der Waals surface area contributed by atoms with Crippen molar-refractivity contribution < 1.29 is 0 Å². The fourth-order valence-electron chi connectivity index (χ4n) is 0.597. The lowest BCUT2D eigenvalue weighted by molar-refractivity contribution is 0.844. The Labute approximate surface area is 61.4 Å². The van der Waals surface area contributed by atoms with Crippen LogP contribution in [-0.2, 0) is 0 Å². The standard InChI is InChI=1S/C7H13N3/c1-7(2)5-3-4-6-9-10-8/h5H,3-4,6H2,1-2H3. The van der Waals surface area contributed by atoms with Gasteiger partial charge in [0.15, 0.2) is 0 Å². The summed E-state index contributed by atoms with van der Waals surface area (Å²) in [4.78, 5) is 2.66. The SMILES string of the molecule is CC(C)=CCCCN=[N+]=[N-]. The van der Waals surface area contributed by atoms with E-state index in [0.29, 0.717) is 6.54 Å². The van der Waals surface area contributed by atoms with E-state index in [1.165, 1.54) is 5.57 Å². The molecule has 0 aliphatic rings. The summed E-state index contributed by atoms with van der Waals surface area (Å²) in [5.41, 5.74) is 9.24. The Morgan fingerprint density at radius 2 is 2.30 bits per heavy atom. The molecule has 0 aromatic heterocycles. The van der Waals surface area contributed by atoms with Crippen LogP contribution in [0.15, 0.2) is 16.8 Å². The molecule has 0 amide bonds. The summed E-state index contributed by atoms with van der Waals surface area (Å²) in [6, 6.07) is 0. The van der Waals surface area contributed by atoms with Gasteiger partial charge in [0.05, 0.1) is 0 Å². The smallest absolute Gasteiger partial charge is 0.0260 e. The molecule has 3 heteroatoms. The molecule has 0 heterocycles. The lowest BCUT2D eigenvalue weighted by atomic mass is 10.2. The average molecular weight is 139 g/mol. The first-order valence-corrected chi connectivity index (χ1v) is 3.41. The number of hydrogen-bond acceptors (Lipinski definition) is 1. The van der Waals surface area contributed by atoms with Gasteiger partial charge >= 0.3 is 0 Å². The third-order valence-electron chi connectivity index (χ3n) is 1.08. The second-order valence-electron chi connectivity index (χ2n) is 2.38. The highest BCUT2D eigenvalue weighted by molar-refractivity contribution is 4.92. The number of azide groups is 1. The monoisotopic (exact) mass is 139 g/mol. The second kappa shape index (κ2) is 6.17. The summed E-state index contributed by atoms with van der Waals surface area (Å²) in [6.45, 7) is 4.74. The van der Waals surface area contributed by atoms with Crippen LogP contribution < -0.4 is 0 Å². The average Bonchev–Trinajstić information content (AvgIpc) is 1.87. The molecule has 3 nitrogen and oxygen atoms in total. The maximum atomic E-state index is 7.92. The predicted molar refractivity (Wildman–Crippen MR) is 42.7 cm³/mol. The lowest BCUT2D eigenvalue weighted by Gasteiger charge is -1.89. The van der Waals surface area contributed by atoms with Crippen molar-refractivity contribution in [3.63, 3.8) is 0 Å². The highest BCUT2D eigenvalue weighted by Crippen LogP contribution is 1.96. The molecule has 0 aliphatic heterocycles. The van der Waals surface area contributed by atoms with Crippen molar-refractivity contribution in [1.82, 2.24) is 0 Å². The van der Waals surface area contributed by atoms with Gasteiger partial charge < -0.3 is 0 Å². The van der Waals surface area contributed by atoms with Gasteiger partial charge in [-0.05, 0) is 32.2 Å². The largest absolute Gasteiger partial charge is 0.0940 e. The van der Waals surface area contributed by atoms with Crippen molar-refractivity contribution in [1.29, 1.82) is 0 Å². The molecular formula is C7H13N3. The van der Waals surface area contributed by atoms with Crippen molar-refractivity contribution in [3.8, 4) is 0 Å². The van der Waals surface area contributed by atoms with Gasteiger partial charge in [0, 0.05) is 11.5 Å². The summed E-state index contributed by atoms with van der Waals surface area (Å²) in [6.07, 6.45) is 4.11. The number of allylic oxidation sites excluding steroid dienone is 2. The quantitative estimate of drug-likeness (QED) is 0.189. The van der Waals surface area contributed by atoms with E-state index in [1.807, 2.05) is 0 Å². The Kier molecular flexibility index (Phi) is 5.59. The van der Waals surface area contributed by atoms with Gasteiger partial charge in [0.25, 0.3) is 0 Å². The first-order valence-electron chi connectivity index (χ1n) is 3.41. The van der Waals surface area contributed by atoms with Gasteiger partial charge in [-0.3, -0.25) is 0 Å². The third-order valence-corrected chi connectivity index (χ3v) is 1.08. The van der Waals surface area contributed by atoms with E-state index in [4.69, 9.17) is 5.53 Å². The van der Waals surface area contributed by atoms with Crippen molar-refractivity contribution in [2.45, 2.75) is 26.7 Å². The number of unbranched alkanes of at least 4 members (excludes halogenated alkanes) is 1. The van der Waals surface area contributed by atoms with Gasteiger partial charge in [-0.1, -0.05) is 16.8 Å². The molecule has 0 atom stereocenters. The van der Waals surface area contributed by atoms with E-state index in [1.54, 1.807) is 0 Å². The maximum absolute atomic E-state index is 7.92. The molecule has 0 unspecified atom stereocenters. The summed E-state index contributed by atoms with van der Waals surface area (Å²) >= 11 is 0. The van der Waals surface area contributed by atoms with E-state index >= 15 is 0 Å². The molecule has 0 aliphatic carbocycles. The van der Waals surface area contributed by atoms with E-state index in [2.05, 4.69) is 29.9 Å². The van der Waals surface area contributed by atoms with E-state index < -0.39 is 0 Å². The van der Waals surface area contributed by atoms with E-state index in [9.17, 15) is 0 Å². The van der Waals surface area contributed by atoms with E-state index in [0.717, 1.165) is 12.8 Å². The minimum absolute atomic E-state index is 0.611. The molecule has 0 saturated heterocycles. The maximum Gasteiger partial charge on any atom is 0.0260 e. The fourth-order valence-corrected chi connectivity index (χ4v) is 0.597. The molecule has 0 fully saturated rings. The summed E-state index contributed by atoms with van der Waals surface area (Å²) in [5.74, 6) is 0. The Morgan fingerprint density at radius 1 is 1.60 bits per heavy atom. The van der Waals surface area contributed by atoms with Gasteiger partial charge in [-0.15, -0.1) is 0 Å². The molecule has 0 bridgehead atoms. The number of hydrogen-bond donors (Lipinski definition) is 0. The van der Waals surface area contributed by atoms with Crippen molar-refractivity contribution >= 4 is 0 Å². The van der Waals surface area contributed by atoms with Crippen LogP contribution in [0, 0.1) is 0 Å². The Bertz CT molecular complexity index is 150. The normalized spacial score (nSPS) is 8.20. The van der Waals surface area contributed by atoms with Crippen LogP contribution in [0.4, 0.5) is 0 Å². The topological polar surface area (TPSA) is 48.8 Å². The molecule has 0 N–H and O–H groups in total. The van der Waals surface area contributed by atoms with Crippen LogP contribution in [0.3, 0.4) is 0 Å². The zero-order chi connectivity index (χ0) is 7.82. The Morgan fingerprint density at radius 3 is 2.80 bits per heavy atom. The molecule has 0 rings (SSSR count). The minimum Gasteiger partial charge on any atom is -0.0940 e. The van der Waals surface area contributed by atoms with Gasteiger partial charge in [-0.25, -0.2) is 0 Å². The minimum atomic E-state index is 0.611. The van der Waals surface area contributed by atoms with Crippen LogP contribution in [0.5, 0.6) is 0 Å². The number of nitrogens with zero attached hydrogens (tertiary/aromatic N) is 3. The van der Waals surface area contributed by atoms with Crippen molar-refractivity contribution in [3.05, 3.63) is 22.1 Å². The Balaban J connectivity index is 3.21. The Hall–Kier alpha value is -0.950. The highest BCUT2D eigenvalue weighted by atomic mass is 15.1. The van der Waals surface area contributed by atoms with Gasteiger partial charge in [0.2, 0.25) is 0 Å². The van der Waals surface area contributed by atoms with Gasteiger partial charge in [0.1, 0.15) is 0 Å². The van der Waals surface area contributed by atoms with Crippen LogP contribution in [0.2, 0.25) is 0 Å². The third kappa shape index (κ3) is 7.05. The molecule has 10 heavy (non-hydrogen) atoms. The van der Waals surface area contributed by atoms with Gasteiger partial charge in [-0.2, -0.15) is 0 Å².